The topological polar surface area (TPSA) is 112 Å². The summed E-state index contributed by atoms with van der Waals surface area (Å²) in [5, 5.41) is 0. The molecule has 4 N–H and O–H groups in total. The highest BCUT2D eigenvalue weighted by molar-refractivity contribution is 7.91. The summed E-state index contributed by atoms with van der Waals surface area (Å²) < 4.78 is 24.1. The van der Waals surface area contributed by atoms with Gasteiger partial charge in [-0.15, -0.1) is 0 Å². The fraction of sp³-hybridized carbons (Fsp3) is 0.167. The van der Waals surface area contributed by atoms with Crippen LogP contribution in [0.1, 0.15) is 6.92 Å². The molecule has 19 heavy (non-hydrogen) atoms. The Morgan fingerprint density at radius 2 is 1.79 bits per heavy atom. The number of rotatable bonds is 3. The predicted molar refractivity (Wildman–Crippen MR) is 74.0 cm³/mol. The summed E-state index contributed by atoms with van der Waals surface area (Å²) in [6.07, 6.45) is 1.24. The minimum atomic E-state index is -3.42. The molecule has 0 unspecified atom stereocenters. The van der Waals surface area contributed by atoms with Crippen LogP contribution >= 0.6 is 0 Å². The first-order valence-corrected chi connectivity index (χ1v) is 7.30. The molecule has 1 aromatic heterocycles. The van der Waals surface area contributed by atoms with Crippen LogP contribution in [-0.2, 0) is 9.84 Å². The van der Waals surface area contributed by atoms with Crippen LogP contribution in [0.4, 0.5) is 11.6 Å². The van der Waals surface area contributed by atoms with Crippen molar-refractivity contribution in [2.75, 3.05) is 17.2 Å². The number of nitrogens with two attached hydrogens (primary N) is 2. The maximum Gasteiger partial charge on any atom is 0.220 e. The Hall–Kier alpha value is -2.15. The van der Waals surface area contributed by atoms with Gasteiger partial charge in [-0.1, -0.05) is 19.1 Å². The highest BCUT2D eigenvalue weighted by Crippen LogP contribution is 2.26. The van der Waals surface area contributed by atoms with Gasteiger partial charge in [-0.05, 0) is 12.1 Å². The van der Waals surface area contributed by atoms with Crippen molar-refractivity contribution >= 4 is 21.5 Å². The quantitative estimate of drug-likeness (QED) is 0.813. The van der Waals surface area contributed by atoms with E-state index >= 15 is 0 Å². The number of benzene rings is 1. The third-order valence-corrected chi connectivity index (χ3v) is 4.40. The van der Waals surface area contributed by atoms with Crippen molar-refractivity contribution in [3.63, 3.8) is 0 Å². The van der Waals surface area contributed by atoms with Crippen LogP contribution in [0.15, 0.2) is 35.4 Å². The van der Waals surface area contributed by atoms with Gasteiger partial charge in [0.2, 0.25) is 5.95 Å². The highest BCUT2D eigenvalue weighted by atomic mass is 32.2. The van der Waals surface area contributed by atoms with Gasteiger partial charge in [0, 0.05) is 11.3 Å². The molecule has 100 valence electrons. The molecular weight excluding hydrogens is 264 g/mol. The van der Waals surface area contributed by atoms with Gasteiger partial charge in [-0.25, -0.2) is 18.4 Å². The molecule has 0 aliphatic carbocycles. The molecule has 2 aromatic rings. The molecule has 0 saturated carbocycles. The molecule has 6 nitrogen and oxygen atoms in total. The number of anilines is 2. The van der Waals surface area contributed by atoms with E-state index in [4.69, 9.17) is 11.5 Å². The molecule has 2 rings (SSSR count). The van der Waals surface area contributed by atoms with Crippen LogP contribution in [0.3, 0.4) is 0 Å². The first-order chi connectivity index (χ1) is 8.94. The molecule has 0 radical (unpaired) electrons. The number of hydrogen-bond donors (Lipinski definition) is 2. The van der Waals surface area contributed by atoms with Gasteiger partial charge in [0.05, 0.1) is 17.6 Å². The fourth-order valence-electron chi connectivity index (χ4n) is 1.62. The summed E-state index contributed by atoms with van der Waals surface area (Å²) in [7, 11) is -3.42. The zero-order valence-corrected chi connectivity index (χ0v) is 11.2. The van der Waals surface area contributed by atoms with E-state index < -0.39 is 9.84 Å². The Morgan fingerprint density at radius 1 is 1.16 bits per heavy atom. The van der Waals surface area contributed by atoms with E-state index in [2.05, 4.69) is 9.97 Å². The van der Waals surface area contributed by atoms with Gasteiger partial charge in [-0.3, -0.25) is 0 Å². The Labute approximate surface area is 111 Å². The fourth-order valence-corrected chi connectivity index (χ4v) is 2.60. The lowest BCUT2D eigenvalue weighted by Crippen LogP contribution is -2.09. The lowest BCUT2D eigenvalue weighted by molar-refractivity contribution is 0.597. The van der Waals surface area contributed by atoms with Crippen molar-refractivity contribution in [2.45, 2.75) is 11.8 Å². The largest absolute Gasteiger partial charge is 0.399 e. The van der Waals surface area contributed by atoms with E-state index in [1.165, 1.54) is 6.20 Å². The lowest BCUT2D eigenvalue weighted by atomic mass is 10.1. The van der Waals surface area contributed by atoms with E-state index in [0.29, 0.717) is 16.9 Å². The van der Waals surface area contributed by atoms with Gasteiger partial charge in [0.1, 0.15) is 4.90 Å². The van der Waals surface area contributed by atoms with Gasteiger partial charge in [0.15, 0.2) is 9.84 Å². The summed E-state index contributed by atoms with van der Waals surface area (Å²) in [5.74, 6) is 0.00397. The molecule has 7 heteroatoms. The smallest absolute Gasteiger partial charge is 0.220 e. The standard InChI is InChI=1S/C12H14N4O2S/c1-2-19(17,18)10-7-15-12(14)16-11(10)8-3-5-9(13)6-4-8/h3-7H,2,13H2,1H3,(H2,14,15,16). The summed E-state index contributed by atoms with van der Waals surface area (Å²) in [6, 6.07) is 6.75. The van der Waals surface area contributed by atoms with E-state index in [0.717, 1.165) is 0 Å². The van der Waals surface area contributed by atoms with E-state index in [-0.39, 0.29) is 16.6 Å². The molecule has 0 amide bonds. The zero-order chi connectivity index (χ0) is 14.0. The van der Waals surface area contributed by atoms with Crippen molar-refractivity contribution in [3.05, 3.63) is 30.5 Å². The summed E-state index contributed by atoms with van der Waals surface area (Å²) >= 11 is 0. The number of nitrogens with zero attached hydrogens (tertiary/aromatic N) is 2. The van der Waals surface area contributed by atoms with Crippen LogP contribution in [0, 0.1) is 0 Å². The van der Waals surface area contributed by atoms with Crippen LogP contribution in [-0.4, -0.2) is 24.1 Å². The third kappa shape index (κ3) is 2.65. The van der Waals surface area contributed by atoms with Gasteiger partial charge in [0.25, 0.3) is 0 Å². The highest BCUT2D eigenvalue weighted by Gasteiger charge is 2.20. The van der Waals surface area contributed by atoms with Crippen molar-refractivity contribution in [1.29, 1.82) is 0 Å². The van der Waals surface area contributed by atoms with Crippen molar-refractivity contribution in [2.24, 2.45) is 0 Å². The molecule has 1 heterocycles. The summed E-state index contributed by atoms with van der Waals surface area (Å²) in [4.78, 5) is 7.87. The maximum absolute atomic E-state index is 12.0. The molecule has 0 atom stereocenters. The monoisotopic (exact) mass is 278 g/mol. The average molecular weight is 278 g/mol. The Balaban J connectivity index is 2.68. The maximum atomic E-state index is 12.0. The minimum Gasteiger partial charge on any atom is -0.399 e. The molecule has 1 aromatic carbocycles. The van der Waals surface area contributed by atoms with Crippen LogP contribution in [0.5, 0.6) is 0 Å². The van der Waals surface area contributed by atoms with E-state index in [9.17, 15) is 8.42 Å². The molecular formula is C12H14N4O2S. The van der Waals surface area contributed by atoms with Crippen LogP contribution < -0.4 is 11.5 Å². The zero-order valence-electron chi connectivity index (χ0n) is 10.4. The Kier molecular flexibility index (Phi) is 3.39. The molecule has 0 saturated heterocycles. The number of hydrogen-bond acceptors (Lipinski definition) is 6. The third-order valence-electron chi connectivity index (χ3n) is 2.67. The minimum absolute atomic E-state index is 0.0255. The molecule has 0 spiro atoms. The average Bonchev–Trinajstić information content (AvgIpc) is 2.39. The second-order valence-electron chi connectivity index (χ2n) is 3.97. The van der Waals surface area contributed by atoms with Crippen molar-refractivity contribution in [3.8, 4) is 11.3 Å². The van der Waals surface area contributed by atoms with E-state index in [1.807, 2.05) is 0 Å². The van der Waals surface area contributed by atoms with Crippen LogP contribution in [0.25, 0.3) is 11.3 Å². The van der Waals surface area contributed by atoms with E-state index in [1.54, 1.807) is 31.2 Å². The number of aromatic nitrogens is 2. The first kappa shape index (κ1) is 13.3. The van der Waals surface area contributed by atoms with Gasteiger partial charge in [-0.2, -0.15) is 0 Å². The van der Waals surface area contributed by atoms with Gasteiger partial charge >= 0.3 is 0 Å². The van der Waals surface area contributed by atoms with Crippen LogP contribution in [0.2, 0.25) is 0 Å². The lowest BCUT2D eigenvalue weighted by Gasteiger charge is -2.09. The number of nitrogen functional groups attached to an aromatic ring is 2. The number of sulfone groups is 1. The second-order valence-corrected chi connectivity index (χ2v) is 6.21. The second kappa shape index (κ2) is 4.85. The summed E-state index contributed by atoms with van der Waals surface area (Å²) in [6.45, 7) is 1.57. The normalized spacial score (nSPS) is 11.4. The Morgan fingerprint density at radius 3 is 2.37 bits per heavy atom. The SMILES string of the molecule is CCS(=O)(=O)c1cnc(N)nc1-c1ccc(N)cc1. The molecule has 0 fully saturated rings. The first-order valence-electron chi connectivity index (χ1n) is 5.65. The van der Waals surface area contributed by atoms with Crippen molar-refractivity contribution < 1.29 is 8.42 Å². The molecule has 0 aliphatic rings. The summed E-state index contributed by atoms with van der Waals surface area (Å²) in [5.41, 5.74) is 12.7. The molecule has 0 aliphatic heterocycles. The Bertz CT molecular complexity index is 696. The molecule has 0 bridgehead atoms. The van der Waals surface area contributed by atoms with Gasteiger partial charge < -0.3 is 11.5 Å². The van der Waals surface area contributed by atoms with Crippen molar-refractivity contribution in [1.82, 2.24) is 9.97 Å². The predicted octanol–water partition coefficient (Wildman–Crippen LogP) is 1.10.